The van der Waals surface area contributed by atoms with E-state index in [4.69, 9.17) is 14.2 Å². The number of amides is 1. The molecule has 33 heavy (non-hydrogen) atoms. The number of nitrogens with one attached hydrogen (secondary N) is 1. The average molecular weight is 466 g/mol. The molecule has 0 bridgehead atoms. The Bertz CT molecular complexity index is 1160. The van der Waals surface area contributed by atoms with Crippen LogP contribution in [0.15, 0.2) is 42.5 Å². The van der Waals surface area contributed by atoms with Gasteiger partial charge >= 0.3 is 6.18 Å². The van der Waals surface area contributed by atoms with Gasteiger partial charge in [-0.25, -0.2) is 4.39 Å². The number of carbonyl (C=O) groups excluding carboxylic acids is 1. The van der Waals surface area contributed by atoms with Gasteiger partial charge in [-0.2, -0.15) is 13.2 Å². The van der Waals surface area contributed by atoms with Crippen molar-refractivity contribution in [1.29, 1.82) is 0 Å². The van der Waals surface area contributed by atoms with Gasteiger partial charge in [0, 0.05) is 30.1 Å². The Kier molecular flexibility index (Phi) is 7.15. The molecule has 2 aromatic carbocycles. The molecule has 1 amide bonds. The first-order valence-electron chi connectivity index (χ1n) is 9.79. The molecule has 1 N–H and O–H groups in total. The first kappa shape index (κ1) is 24.0. The van der Waals surface area contributed by atoms with E-state index >= 15 is 0 Å². The summed E-state index contributed by atoms with van der Waals surface area (Å²) >= 11 is 0. The number of methoxy groups -OCH3 is 3. The number of halogens is 4. The molecular weight excluding hydrogens is 444 g/mol. The zero-order chi connectivity index (χ0) is 24.2. The highest BCUT2D eigenvalue weighted by molar-refractivity contribution is 5.92. The third kappa shape index (κ3) is 5.39. The molecule has 0 radical (unpaired) electrons. The van der Waals surface area contributed by atoms with E-state index in [0.29, 0.717) is 22.8 Å². The van der Waals surface area contributed by atoms with Crippen LogP contribution < -0.4 is 19.5 Å². The maximum Gasteiger partial charge on any atom is 0.431 e. The van der Waals surface area contributed by atoms with E-state index < -0.39 is 23.6 Å². The van der Waals surface area contributed by atoms with Crippen molar-refractivity contribution >= 4 is 22.9 Å². The Morgan fingerprint density at radius 3 is 2.27 bits per heavy atom. The second kappa shape index (κ2) is 9.85. The molecule has 176 valence electrons. The topological polar surface area (TPSA) is 61.7 Å². The van der Waals surface area contributed by atoms with Crippen molar-refractivity contribution in [2.24, 2.45) is 0 Å². The number of aromatic nitrogens is 1. The summed E-state index contributed by atoms with van der Waals surface area (Å²) in [5.41, 5.74) is -0.0892. The number of hydrogen-bond acceptors (Lipinski definition) is 4. The molecule has 0 aliphatic rings. The number of hydrogen-bond donors (Lipinski definition) is 1. The SMILES string of the molecule is COc1cc(/C=C\C(=O)NCCn2c(C(F)(F)F)cc3cc(F)ccc32)cc(OC)c1OC. The number of fused-ring (bicyclic) bond motifs is 1. The van der Waals surface area contributed by atoms with Gasteiger partial charge in [-0.3, -0.25) is 4.79 Å². The fraction of sp³-hybridized carbons (Fsp3) is 0.261. The highest BCUT2D eigenvalue weighted by Crippen LogP contribution is 2.38. The van der Waals surface area contributed by atoms with E-state index in [2.05, 4.69) is 5.32 Å². The van der Waals surface area contributed by atoms with Crippen LogP contribution >= 0.6 is 0 Å². The second-order valence-corrected chi connectivity index (χ2v) is 6.97. The van der Waals surface area contributed by atoms with Crippen LogP contribution in [0.4, 0.5) is 17.6 Å². The second-order valence-electron chi connectivity index (χ2n) is 6.97. The summed E-state index contributed by atoms with van der Waals surface area (Å²) in [6, 6.07) is 7.60. The van der Waals surface area contributed by atoms with Crippen molar-refractivity contribution in [3.8, 4) is 17.2 Å². The summed E-state index contributed by atoms with van der Waals surface area (Å²) in [7, 11) is 4.40. The van der Waals surface area contributed by atoms with Gasteiger partial charge in [-0.15, -0.1) is 0 Å². The van der Waals surface area contributed by atoms with Gasteiger partial charge in [0.1, 0.15) is 11.5 Å². The average Bonchev–Trinajstić information content (AvgIpc) is 3.14. The van der Waals surface area contributed by atoms with Gasteiger partial charge in [-0.05, 0) is 48.0 Å². The third-order valence-corrected chi connectivity index (χ3v) is 4.90. The molecular formula is C23H22F4N2O4. The maximum atomic E-state index is 13.4. The van der Waals surface area contributed by atoms with Gasteiger partial charge in [0.15, 0.2) is 11.5 Å². The van der Waals surface area contributed by atoms with E-state index in [0.717, 1.165) is 22.8 Å². The fourth-order valence-electron chi connectivity index (χ4n) is 3.44. The lowest BCUT2D eigenvalue weighted by atomic mass is 10.1. The number of ether oxygens (including phenoxy) is 3. The van der Waals surface area contributed by atoms with Crippen molar-refractivity contribution in [1.82, 2.24) is 9.88 Å². The molecule has 0 spiro atoms. The van der Waals surface area contributed by atoms with Crippen LogP contribution in [-0.4, -0.2) is 38.3 Å². The first-order valence-corrected chi connectivity index (χ1v) is 9.79. The Morgan fingerprint density at radius 2 is 1.70 bits per heavy atom. The Morgan fingerprint density at radius 1 is 1.03 bits per heavy atom. The minimum absolute atomic E-state index is 0.0668. The van der Waals surface area contributed by atoms with E-state index in [9.17, 15) is 22.4 Å². The number of rotatable bonds is 8. The molecule has 0 saturated heterocycles. The predicted molar refractivity (Wildman–Crippen MR) is 115 cm³/mol. The predicted octanol–water partition coefficient (Wildman–Crippen LogP) is 4.65. The summed E-state index contributed by atoms with van der Waals surface area (Å²) in [5.74, 6) is 0.0966. The number of nitrogens with zero attached hydrogens (tertiary/aromatic N) is 1. The molecule has 3 aromatic rings. The van der Waals surface area contributed by atoms with Gasteiger partial charge in [0.05, 0.1) is 21.3 Å². The first-order chi connectivity index (χ1) is 15.7. The molecule has 1 aromatic heterocycles. The molecule has 0 atom stereocenters. The van der Waals surface area contributed by atoms with Crippen LogP contribution in [0.3, 0.4) is 0 Å². The van der Waals surface area contributed by atoms with E-state index in [1.807, 2.05) is 0 Å². The van der Waals surface area contributed by atoms with Gasteiger partial charge in [-0.1, -0.05) is 0 Å². The highest BCUT2D eigenvalue weighted by Gasteiger charge is 2.35. The molecule has 0 aliphatic carbocycles. The van der Waals surface area contributed by atoms with Gasteiger partial charge in [0.25, 0.3) is 0 Å². The quantitative estimate of drug-likeness (QED) is 0.388. The van der Waals surface area contributed by atoms with Crippen molar-refractivity contribution in [2.75, 3.05) is 27.9 Å². The van der Waals surface area contributed by atoms with Crippen LogP contribution in [0.25, 0.3) is 17.0 Å². The standard InChI is InChI=1S/C23H22F4N2O4/c1-31-18-10-14(11-19(32-2)22(18)33-3)4-7-21(30)28-8-9-29-17-6-5-16(24)12-15(17)13-20(29)23(25,26)27/h4-7,10-13H,8-9H2,1-3H3,(H,28,30)/b7-4-. The van der Waals surface area contributed by atoms with Gasteiger partial charge in [0.2, 0.25) is 11.7 Å². The summed E-state index contributed by atoms with van der Waals surface area (Å²) in [5, 5.41) is 2.69. The third-order valence-electron chi connectivity index (χ3n) is 4.90. The van der Waals surface area contributed by atoms with E-state index in [1.165, 1.54) is 39.5 Å². The Balaban J connectivity index is 1.72. The smallest absolute Gasteiger partial charge is 0.431 e. The van der Waals surface area contributed by atoms with Crippen LogP contribution in [-0.2, 0) is 17.5 Å². The van der Waals surface area contributed by atoms with Crippen molar-refractivity contribution in [2.45, 2.75) is 12.7 Å². The number of alkyl halides is 3. The van der Waals surface area contributed by atoms with Crippen molar-refractivity contribution < 1.29 is 36.6 Å². The van der Waals surface area contributed by atoms with Gasteiger partial charge < -0.3 is 24.1 Å². The Labute approximate surface area is 187 Å². The minimum Gasteiger partial charge on any atom is -0.493 e. The molecule has 3 rings (SSSR count). The molecule has 6 nitrogen and oxygen atoms in total. The van der Waals surface area contributed by atoms with Crippen molar-refractivity contribution in [3.05, 3.63) is 59.5 Å². The minimum atomic E-state index is -4.62. The van der Waals surface area contributed by atoms with Crippen LogP contribution in [0.5, 0.6) is 17.2 Å². The summed E-state index contributed by atoms with van der Waals surface area (Å²) in [6.07, 6.45) is -1.87. The monoisotopic (exact) mass is 466 g/mol. The lowest BCUT2D eigenvalue weighted by Crippen LogP contribution is -2.26. The zero-order valence-electron chi connectivity index (χ0n) is 18.1. The molecule has 10 heteroatoms. The lowest BCUT2D eigenvalue weighted by Gasteiger charge is -2.13. The molecule has 0 fully saturated rings. The molecule has 0 unspecified atom stereocenters. The maximum absolute atomic E-state index is 13.4. The zero-order valence-corrected chi connectivity index (χ0v) is 18.1. The van der Waals surface area contributed by atoms with Crippen LogP contribution in [0.2, 0.25) is 0 Å². The van der Waals surface area contributed by atoms with Crippen molar-refractivity contribution in [3.63, 3.8) is 0 Å². The Hall–Kier alpha value is -3.69. The van der Waals surface area contributed by atoms with Crippen LogP contribution in [0.1, 0.15) is 11.3 Å². The normalized spacial score (nSPS) is 11.7. The molecule has 0 saturated carbocycles. The largest absolute Gasteiger partial charge is 0.493 e. The lowest BCUT2D eigenvalue weighted by molar-refractivity contribution is -0.143. The number of benzene rings is 2. The fourth-order valence-corrected chi connectivity index (χ4v) is 3.44. The number of carbonyl (C=O) groups is 1. The highest BCUT2D eigenvalue weighted by atomic mass is 19.4. The van der Waals surface area contributed by atoms with E-state index in [1.54, 1.807) is 12.1 Å². The summed E-state index contributed by atoms with van der Waals surface area (Å²) in [6.45, 7) is -0.212. The molecule has 1 heterocycles. The van der Waals surface area contributed by atoms with E-state index in [-0.39, 0.29) is 24.0 Å². The van der Waals surface area contributed by atoms with Crippen LogP contribution in [0, 0.1) is 5.82 Å². The summed E-state index contributed by atoms with van der Waals surface area (Å²) in [4.78, 5) is 12.2. The molecule has 0 aliphatic heterocycles. The summed E-state index contributed by atoms with van der Waals surface area (Å²) < 4.78 is 70.4.